The molecule has 1 N–H and O–H groups in total. The highest BCUT2D eigenvalue weighted by Gasteiger charge is 2.03. The summed E-state index contributed by atoms with van der Waals surface area (Å²) in [5.74, 6) is 0.848. The minimum absolute atomic E-state index is 0.680. The molecule has 0 unspecified atom stereocenters. The van der Waals surface area contributed by atoms with Crippen LogP contribution in [0.15, 0.2) is 29.3 Å². The summed E-state index contributed by atoms with van der Waals surface area (Å²) >= 11 is 0. The number of nitrogens with zero attached hydrogens (tertiary/aromatic N) is 3. The lowest BCUT2D eigenvalue weighted by Crippen LogP contribution is -2.11. The van der Waals surface area contributed by atoms with Crippen molar-refractivity contribution in [2.75, 3.05) is 6.54 Å². The molecular weight excluding hydrogens is 192 g/mol. The molecule has 5 heteroatoms. The first kappa shape index (κ1) is 9.92. The molecule has 0 fully saturated rings. The van der Waals surface area contributed by atoms with Gasteiger partial charge in [-0.2, -0.15) is 0 Å². The van der Waals surface area contributed by atoms with Crippen LogP contribution in [0.4, 0.5) is 0 Å². The molecule has 0 aromatic carbocycles. The van der Waals surface area contributed by atoms with Crippen molar-refractivity contribution in [1.29, 1.82) is 0 Å². The number of nitrogens with one attached hydrogen (secondary N) is 1. The highest BCUT2D eigenvalue weighted by molar-refractivity contribution is 5.05. The fourth-order valence-electron chi connectivity index (χ4n) is 1.33. The molecule has 0 saturated carbocycles. The van der Waals surface area contributed by atoms with Gasteiger partial charge in [-0.1, -0.05) is 12.1 Å². The van der Waals surface area contributed by atoms with E-state index < -0.39 is 0 Å². The first-order valence-electron chi connectivity index (χ1n) is 4.99. The summed E-state index contributed by atoms with van der Waals surface area (Å²) in [4.78, 5) is 3.96. The Labute approximate surface area is 88.1 Å². The van der Waals surface area contributed by atoms with Crippen molar-refractivity contribution in [3.05, 3.63) is 36.2 Å². The van der Waals surface area contributed by atoms with E-state index in [9.17, 15) is 0 Å². The van der Waals surface area contributed by atoms with Crippen molar-refractivity contribution in [1.82, 2.24) is 20.0 Å². The van der Waals surface area contributed by atoms with Crippen molar-refractivity contribution in [2.45, 2.75) is 20.0 Å². The standard InChI is InChI=1S/C10H14N4O/c1-2-11-6-9-5-10(15-13-9)7-14-4-3-12-8-14/h3-5,8,11H,2,6-7H2,1H3. The third-order valence-corrected chi connectivity index (χ3v) is 2.06. The number of hydrogen-bond donors (Lipinski definition) is 1. The van der Waals surface area contributed by atoms with E-state index in [0.29, 0.717) is 6.54 Å². The minimum atomic E-state index is 0.680. The zero-order valence-electron chi connectivity index (χ0n) is 8.68. The van der Waals surface area contributed by atoms with E-state index in [-0.39, 0.29) is 0 Å². The molecule has 0 aliphatic rings. The zero-order chi connectivity index (χ0) is 10.5. The molecule has 0 aliphatic heterocycles. The van der Waals surface area contributed by atoms with Gasteiger partial charge in [-0.3, -0.25) is 0 Å². The maximum atomic E-state index is 5.20. The van der Waals surface area contributed by atoms with E-state index in [1.54, 1.807) is 12.5 Å². The summed E-state index contributed by atoms with van der Waals surface area (Å²) in [6.07, 6.45) is 5.40. The lowest BCUT2D eigenvalue weighted by molar-refractivity contribution is 0.369. The van der Waals surface area contributed by atoms with Crippen LogP contribution >= 0.6 is 0 Å². The van der Waals surface area contributed by atoms with Crippen LogP contribution in [0.25, 0.3) is 0 Å². The summed E-state index contributed by atoms with van der Waals surface area (Å²) < 4.78 is 7.14. The van der Waals surface area contributed by atoms with Crippen molar-refractivity contribution in [2.24, 2.45) is 0 Å². The molecule has 2 rings (SSSR count). The first-order valence-corrected chi connectivity index (χ1v) is 4.99. The monoisotopic (exact) mass is 206 g/mol. The fourth-order valence-corrected chi connectivity index (χ4v) is 1.33. The second kappa shape index (κ2) is 4.75. The van der Waals surface area contributed by atoms with Gasteiger partial charge in [-0.05, 0) is 6.54 Å². The van der Waals surface area contributed by atoms with Gasteiger partial charge < -0.3 is 14.4 Å². The van der Waals surface area contributed by atoms with E-state index in [0.717, 1.165) is 24.5 Å². The molecule has 5 nitrogen and oxygen atoms in total. The zero-order valence-corrected chi connectivity index (χ0v) is 8.68. The Hall–Kier alpha value is -1.62. The van der Waals surface area contributed by atoms with Gasteiger partial charge in [0.25, 0.3) is 0 Å². The highest BCUT2D eigenvalue weighted by atomic mass is 16.5. The van der Waals surface area contributed by atoms with Gasteiger partial charge in [0.05, 0.1) is 18.6 Å². The van der Waals surface area contributed by atoms with E-state index in [2.05, 4.69) is 22.4 Å². The quantitative estimate of drug-likeness (QED) is 0.793. The van der Waals surface area contributed by atoms with Crippen LogP contribution in [-0.4, -0.2) is 21.3 Å². The molecule has 0 aliphatic carbocycles. The summed E-state index contributed by atoms with van der Waals surface area (Å²) in [6.45, 7) is 4.43. The molecule has 0 amide bonds. The highest BCUT2D eigenvalue weighted by Crippen LogP contribution is 2.05. The van der Waals surface area contributed by atoms with Gasteiger partial charge in [-0.25, -0.2) is 4.98 Å². The molecule has 0 atom stereocenters. The normalized spacial score (nSPS) is 10.7. The van der Waals surface area contributed by atoms with Gasteiger partial charge in [-0.15, -0.1) is 0 Å². The average Bonchev–Trinajstić information content (AvgIpc) is 2.87. The van der Waals surface area contributed by atoms with E-state index >= 15 is 0 Å². The van der Waals surface area contributed by atoms with E-state index in [1.165, 1.54) is 0 Å². The molecular formula is C10H14N4O. The van der Waals surface area contributed by atoms with Crippen molar-refractivity contribution >= 4 is 0 Å². The average molecular weight is 206 g/mol. The van der Waals surface area contributed by atoms with Crippen LogP contribution < -0.4 is 5.32 Å². The molecule has 80 valence electrons. The third-order valence-electron chi connectivity index (χ3n) is 2.06. The van der Waals surface area contributed by atoms with Crippen LogP contribution in [-0.2, 0) is 13.1 Å². The lowest BCUT2D eigenvalue weighted by Gasteiger charge is -1.95. The molecule has 0 bridgehead atoms. The van der Waals surface area contributed by atoms with Gasteiger partial charge in [0.15, 0.2) is 5.76 Å². The van der Waals surface area contributed by atoms with Gasteiger partial charge in [0.1, 0.15) is 0 Å². The van der Waals surface area contributed by atoms with Crippen LogP contribution in [0.1, 0.15) is 18.4 Å². The Morgan fingerprint density at radius 3 is 3.20 bits per heavy atom. The Morgan fingerprint density at radius 2 is 2.47 bits per heavy atom. The topological polar surface area (TPSA) is 55.9 Å². The number of imidazole rings is 1. The molecule has 2 aromatic rings. The Morgan fingerprint density at radius 1 is 1.53 bits per heavy atom. The SMILES string of the molecule is CCNCc1cc(Cn2ccnc2)on1. The van der Waals surface area contributed by atoms with Crippen molar-refractivity contribution in [3.8, 4) is 0 Å². The Balaban J connectivity index is 1.95. The first-order chi connectivity index (χ1) is 7.38. The molecule has 15 heavy (non-hydrogen) atoms. The smallest absolute Gasteiger partial charge is 0.156 e. The molecule has 0 spiro atoms. The van der Waals surface area contributed by atoms with Crippen LogP contribution in [0.2, 0.25) is 0 Å². The number of aromatic nitrogens is 3. The molecule has 0 saturated heterocycles. The van der Waals surface area contributed by atoms with E-state index in [1.807, 2.05) is 16.8 Å². The van der Waals surface area contributed by atoms with Gasteiger partial charge in [0.2, 0.25) is 0 Å². The van der Waals surface area contributed by atoms with Crippen molar-refractivity contribution in [3.63, 3.8) is 0 Å². The predicted octanol–water partition coefficient (Wildman–Crippen LogP) is 1.03. The van der Waals surface area contributed by atoms with Crippen LogP contribution in [0.3, 0.4) is 0 Å². The second-order valence-corrected chi connectivity index (χ2v) is 3.30. The van der Waals surface area contributed by atoms with Gasteiger partial charge >= 0.3 is 0 Å². The van der Waals surface area contributed by atoms with Gasteiger partial charge in [0, 0.05) is 25.0 Å². The van der Waals surface area contributed by atoms with Crippen LogP contribution in [0.5, 0.6) is 0 Å². The van der Waals surface area contributed by atoms with Crippen LogP contribution in [0, 0.1) is 0 Å². The summed E-state index contributed by atoms with van der Waals surface area (Å²) in [5, 5.41) is 7.16. The largest absolute Gasteiger partial charge is 0.359 e. The number of hydrogen-bond acceptors (Lipinski definition) is 4. The minimum Gasteiger partial charge on any atom is -0.359 e. The van der Waals surface area contributed by atoms with E-state index in [4.69, 9.17) is 4.52 Å². The predicted molar refractivity (Wildman–Crippen MR) is 55.2 cm³/mol. The summed E-state index contributed by atoms with van der Waals surface area (Å²) in [5.41, 5.74) is 0.937. The molecule has 2 aromatic heterocycles. The maximum Gasteiger partial charge on any atom is 0.156 e. The molecule has 2 heterocycles. The Bertz CT molecular complexity index is 393. The van der Waals surface area contributed by atoms with Crippen molar-refractivity contribution < 1.29 is 4.52 Å². The molecule has 0 radical (unpaired) electrons. The number of rotatable bonds is 5. The third kappa shape index (κ3) is 2.66. The Kier molecular flexibility index (Phi) is 3.14. The summed E-state index contributed by atoms with van der Waals surface area (Å²) in [7, 11) is 0. The lowest BCUT2D eigenvalue weighted by atomic mass is 10.3. The fraction of sp³-hybridized carbons (Fsp3) is 0.400. The maximum absolute atomic E-state index is 5.20. The summed E-state index contributed by atoms with van der Waals surface area (Å²) in [6, 6.07) is 1.96. The second-order valence-electron chi connectivity index (χ2n) is 3.30.